The summed E-state index contributed by atoms with van der Waals surface area (Å²) in [5.74, 6) is 0.424. The van der Waals surface area contributed by atoms with Gasteiger partial charge in [0.05, 0.1) is 0 Å². The number of amides is 1. The summed E-state index contributed by atoms with van der Waals surface area (Å²) in [6.07, 6.45) is 2.08. The summed E-state index contributed by atoms with van der Waals surface area (Å²) in [6.45, 7) is 3.53. The minimum Gasteiger partial charge on any atom is -0.451 e. The molecule has 1 amide bonds. The van der Waals surface area contributed by atoms with Gasteiger partial charge in [0.15, 0.2) is 5.76 Å². The predicted molar refractivity (Wildman–Crippen MR) is 83.9 cm³/mol. The van der Waals surface area contributed by atoms with Crippen molar-refractivity contribution in [1.82, 2.24) is 10.2 Å². The molecule has 1 fully saturated rings. The number of benzene rings is 1. The van der Waals surface area contributed by atoms with E-state index < -0.39 is 0 Å². The highest BCUT2D eigenvalue weighted by atomic mass is 35.5. The highest BCUT2D eigenvalue weighted by molar-refractivity contribution is 6.31. The second-order valence-electron chi connectivity index (χ2n) is 5.55. The Bertz CT molecular complexity index is 680. The van der Waals surface area contributed by atoms with Crippen LogP contribution >= 0.6 is 11.6 Å². The Morgan fingerprint density at radius 1 is 1.52 bits per heavy atom. The minimum atomic E-state index is -0.0161. The van der Waals surface area contributed by atoms with Crippen LogP contribution in [0.5, 0.6) is 0 Å². The number of likely N-dealkylation sites (tertiary alicyclic amines) is 1. The highest BCUT2D eigenvalue weighted by Gasteiger charge is 2.31. The second-order valence-corrected chi connectivity index (χ2v) is 5.99. The van der Waals surface area contributed by atoms with Gasteiger partial charge in [-0.05, 0) is 45.0 Å². The molecule has 1 atom stereocenters. The summed E-state index contributed by atoms with van der Waals surface area (Å²) in [5, 5.41) is 4.72. The van der Waals surface area contributed by atoms with Crippen LogP contribution in [0.3, 0.4) is 0 Å². The van der Waals surface area contributed by atoms with Crippen molar-refractivity contribution >= 4 is 28.5 Å². The zero-order chi connectivity index (χ0) is 15.0. The number of nitrogens with one attached hydrogen (secondary N) is 1. The first-order chi connectivity index (χ1) is 10.1. The Labute approximate surface area is 129 Å². The van der Waals surface area contributed by atoms with Crippen LogP contribution in [0.1, 0.15) is 29.0 Å². The fraction of sp³-hybridized carbons (Fsp3) is 0.438. The number of hydrogen-bond donors (Lipinski definition) is 1. The fourth-order valence-corrected chi connectivity index (χ4v) is 3.25. The zero-order valence-corrected chi connectivity index (χ0v) is 13.0. The van der Waals surface area contributed by atoms with E-state index in [9.17, 15) is 4.79 Å². The second kappa shape index (κ2) is 5.70. The molecule has 0 saturated carbocycles. The van der Waals surface area contributed by atoms with E-state index in [0.717, 1.165) is 36.9 Å². The third kappa shape index (κ3) is 2.54. The van der Waals surface area contributed by atoms with Gasteiger partial charge in [-0.1, -0.05) is 11.6 Å². The molecule has 2 aromatic rings. The van der Waals surface area contributed by atoms with Crippen LogP contribution in [-0.2, 0) is 0 Å². The van der Waals surface area contributed by atoms with Gasteiger partial charge < -0.3 is 14.6 Å². The van der Waals surface area contributed by atoms with Crippen molar-refractivity contribution in [3.05, 3.63) is 34.5 Å². The maximum absolute atomic E-state index is 12.8. The Morgan fingerprint density at radius 3 is 3.10 bits per heavy atom. The Morgan fingerprint density at radius 2 is 2.33 bits per heavy atom. The minimum absolute atomic E-state index is 0.0161. The van der Waals surface area contributed by atoms with E-state index in [1.54, 1.807) is 6.07 Å². The first kappa shape index (κ1) is 14.4. The van der Waals surface area contributed by atoms with Crippen LogP contribution in [0, 0.1) is 6.92 Å². The number of fused-ring (bicyclic) bond motifs is 1. The van der Waals surface area contributed by atoms with Crippen molar-refractivity contribution < 1.29 is 9.21 Å². The number of likely N-dealkylation sites (N-methyl/N-ethyl adjacent to an activating group) is 1. The summed E-state index contributed by atoms with van der Waals surface area (Å²) >= 11 is 6.03. The average molecular weight is 307 g/mol. The molecule has 112 valence electrons. The van der Waals surface area contributed by atoms with E-state index >= 15 is 0 Å². The predicted octanol–water partition coefficient (Wildman–Crippen LogP) is 3.22. The van der Waals surface area contributed by atoms with Crippen LogP contribution in [0.4, 0.5) is 0 Å². The lowest BCUT2D eigenvalue weighted by Crippen LogP contribution is -2.40. The molecule has 1 aromatic heterocycles. The van der Waals surface area contributed by atoms with Gasteiger partial charge in [0.2, 0.25) is 0 Å². The van der Waals surface area contributed by atoms with Crippen LogP contribution in [-0.4, -0.2) is 37.0 Å². The molecule has 0 unspecified atom stereocenters. The standard InChI is InChI=1S/C16H19ClN2O2/c1-10-13-8-11(17)5-6-14(13)21-15(10)16(20)19-7-3-4-12(19)9-18-2/h5-6,8,12,18H,3-4,7,9H2,1-2H3/t12-/m0/s1. The van der Waals surface area contributed by atoms with E-state index in [-0.39, 0.29) is 11.9 Å². The average Bonchev–Trinajstić information content (AvgIpc) is 3.04. The number of furan rings is 1. The van der Waals surface area contributed by atoms with Crippen molar-refractivity contribution in [3.8, 4) is 0 Å². The molecule has 0 radical (unpaired) electrons. The van der Waals surface area contributed by atoms with E-state index in [0.29, 0.717) is 16.4 Å². The maximum Gasteiger partial charge on any atom is 0.290 e. The molecule has 2 heterocycles. The topological polar surface area (TPSA) is 45.5 Å². The lowest BCUT2D eigenvalue weighted by atomic mass is 10.1. The first-order valence-corrected chi connectivity index (χ1v) is 7.64. The normalized spacial score (nSPS) is 18.6. The van der Waals surface area contributed by atoms with Gasteiger partial charge in [0, 0.05) is 35.1 Å². The Balaban J connectivity index is 1.96. The van der Waals surface area contributed by atoms with Crippen LogP contribution in [0.15, 0.2) is 22.6 Å². The quantitative estimate of drug-likeness (QED) is 0.947. The number of nitrogens with zero attached hydrogens (tertiary/aromatic N) is 1. The molecular formula is C16H19ClN2O2. The van der Waals surface area contributed by atoms with Crippen molar-refractivity contribution in [1.29, 1.82) is 0 Å². The van der Waals surface area contributed by atoms with E-state index in [1.807, 2.05) is 31.0 Å². The van der Waals surface area contributed by atoms with Crippen LogP contribution < -0.4 is 5.32 Å². The van der Waals surface area contributed by atoms with Crippen molar-refractivity contribution in [2.45, 2.75) is 25.8 Å². The molecule has 0 bridgehead atoms. The molecule has 1 N–H and O–H groups in total. The fourth-order valence-electron chi connectivity index (χ4n) is 3.08. The van der Waals surface area contributed by atoms with Crippen LogP contribution in [0.25, 0.3) is 11.0 Å². The van der Waals surface area contributed by atoms with Gasteiger partial charge in [0.1, 0.15) is 5.58 Å². The van der Waals surface area contributed by atoms with Gasteiger partial charge in [-0.3, -0.25) is 4.79 Å². The van der Waals surface area contributed by atoms with Gasteiger partial charge in [-0.15, -0.1) is 0 Å². The monoisotopic (exact) mass is 306 g/mol. The van der Waals surface area contributed by atoms with Gasteiger partial charge in [-0.2, -0.15) is 0 Å². The van der Waals surface area contributed by atoms with Crippen molar-refractivity contribution in [3.63, 3.8) is 0 Å². The number of aryl methyl sites for hydroxylation is 1. The molecule has 0 aliphatic carbocycles. The molecule has 0 spiro atoms. The number of rotatable bonds is 3. The number of halogens is 1. The molecule has 21 heavy (non-hydrogen) atoms. The van der Waals surface area contributed by atoms with E-state index in [2.05, 4.69) is 5.32 Å². The SMILES string of the molecule is CNC[C@@H]1CCCN1C(=O)c1oc2ccc(Cl)cc2c1C. The lowest BCUT2D eigenvalue weighted by molar-refractivity contribution is 0.0706. The number of hydrogen-bond acceptors (Lipinski definition) is 3. The molecule has 5 heteroatoms. The Kier molecular flexibility index (Phi) is 3.91. The Hall–Kier alpha value is -1.52. The molecule has 3 rings (SSSR count). The van der Waals surface area contributed by atoms with Crippen molar-refractivity contribution in [2.24, 2.45) is 0 Å². The molecule has 1 aromatic carbocycles. The van der Waals surface area contributed by atoms with Crippen LogP contribution in [0.2, 0.25) is 5.02 Å². The zero-order valence-electron chi connectivity index (χ0n) is 12.3. The van der Waals surface area contributed by atoms with Gasteiger partial charge in [0.25, 0.3) is 5.91 Å². The highest BCUT2D eigenvalue weighted by Crippen LogP contribution is 2.30. The summed E-state index contributed by atoms with van der Waals surface area (Å²) < 4.78 is 5.78. The molecule has 1 saturated heterocycles. The van der Waals surface area contributed by atoms with E-state index in [1.165, 1.54) is 0 Å². The third-order valence-electron chi connectivity index (χ3n) is 4.17. The summed E-state index contributed by atoms with van der Waals surface area (Å²) in [7, 11) is 1.91. The number of carbonyl (C=O) groups is 1. The molecule has 4 nitrogen and oxygen atoms in total. The van der Waals surface area contributed by atoms with E-state index in [4.69, 9.17) is 16.0 Å². The largest absolute Gasteiger partial charge is 0.451 e. The summed E-state index contributed by atoms with van der Waals surface area (Å²) in [6, 6.07) is 5.69. The van der Waals surface area contributed by atoms with Gasteiger partial charge >= 0.3 is 0 Å². The summed E-state index contributed by atoms with van der Waals surface area (Å²) in [4.78, 5) is 14.7. The first-order valence-electron chi connectivity index (χ1n) is 7.26. The molecule has 1 aliphatic rings. The van der Waals surface area contributed by atoms with Crippen molar-refractivity contribution in [2.75, 3.05) is 20.1 Å². The number of carbonyl (C=O) groups excluding carboxylic acids is 1. The molecular weight excluding hydrogens is 288 g/mol. The third-order valence-corrected chi connectivity index (χ3v) is 4.41. The maximum atomic E-state index is 12.8. The molecule has 1 aliphatic heterocycles. The smallest absolute Gasteiger partial charge is 0.290 e. The van der Waals surface area contributed by atoms with Gasteiger partial charge in [-0.25, -0.2) is 0 Å². The summed E-state index contributed by atoms with van der Waals surface area (Å²) in [5.41, 5.74) is 1.58. The lowest BCUT2D eigenvalue weighted by Gasteiger charge is -2.23.